The minimum Gasteiger partial charge on any atom is -0.406 e. The number of rotatable bonds is 5. The number of aryl methyl sites for hydroxylation is 1. The van der Waals surface area contributed by atoms with E-state index in [0.29, 0.717) is 65.2 Å². The number of amides is 1. The minimum absolute atomic E-state index is 0.114. The molecular weight excluding hydrogens is 533 g/mol. The van der Waals surface area contributed by atoms with Gasteiger partial charge in [0.2, 0.25) is 0 Å². The molecule has 0 N–H and O–H groups in total. The van der Waals surface area contributed by atoms with Crippen molar-refractivity contribution in [1.29, 1.82) is 0 Å². The number of carbonyl (C=O) groups excluding carboxylic acids is 1. The number of halogens is 4. The number of aromatic nitrogens is 4. The Hall–Kier alpha value is -4.25. The van der Waals surface area contributed by atoms with Crippen LogP contribution in [0.4, 0.5) is 19.0 Å². The van der Waals surface area contributed by atoms with E-state index in [1.165, 1.54) is 30.5 Å². The van der Waals surface area contributed by atoms with Crippen LogP contribution in [0, 0.1) is 6.92 Å². The van der Waals surface area contributed by atoms with Crippen LogP contribution in [-0.2, 0) is 0 Å². The van der Waals surface area contributed by atoms with Gasteiger partial charge in [-0.1, -0.05) is 17.7 Å². The van der Waals surface area contributed by atoms with E-state index in [1.807, 2.05) is 17.9 Å². The Morgan fingerprint density at radius 3 is 2.36 bits per heavy atom. The summed E-state index contributed by atoms with van der Waals surface area (Å²) in [6.07, 6.45) is 1.48. The minimum atomic E-state index is -4.79. The molecule has 1 fully saturated rings. The normalized spacial score (nSPS) is 13.9. The highest BCUT2D eigenvalue weighted by Gasteiger charge is 2.31. The summed E-state index contributed by atoms with van der Waals surface area (Å²) in [6, 6.07) is 10.7. The van der Waals surface area contributed by atoms with E-state index in [9.17, 15) is 18.0 Å². The van der Waals surface area contributed by atoms with Gasteiger partial charge in [0, 0.05) is 55.9 Å². The number of benzene rings is 1. The Morgan fingerprint density at radius 1 is 0.949 bits per heavy atom. The fourth-order valence-electron chi connectivity index (χ4n) is 4.31. The molecule has 0 spiro atoms. The number of pyridine rings is 2. The zero-order valence-electron chi connectivity index (χ0n) is 20.7. The third-order valence-electron chi connectivity index (χ3n) is 6.25. The summed E-state index contributed by atoms with van der Waals surface area (Å²) < 4.78 is 41.8. The fraction of sp³-hybridized carbons (Fsp3) is 0.222. The van der Waals surface area contributed by atoms with Crippen LogP contribution in [0.5, 0.6) is 5.75 Å². The van der Waals surface area contributed by atoms with Gasteiger partial charge in [0.25, 0.3) is 5.91 Å². The van der Waals surface area contributed by atoms with E-state index in [4.69, 9.17) is 16.6 Å². The van der Waals surface area contributed by atoms with Crippen molar-refractivity contribution in [3.05, 3.63) is 83.5 Å². The average molecular weight is 555 g/mol. The number of anilines is 1. The third kappa shape index (κ3) is 5.93. The quantitative estimate of drug-likeness (QED) is 0.325. The first-order valence-corrected chi connectivity index (χ1v) is 12.4. The van der Waals surface area contributed by atoms with Crippen molar-refractivity contribution in [3.63, 3.8) is 0 Å². The lowest BCUT2D eigenvalue weighted by atomic mass is 10.0. The van der Waals surface area contributed by atoms with Gasteiger partial charge in [-0.15, -0.1) is 13.2 Å². The predicted molar refractivity (Wildman–Crippen MR) is 139 cm³/mol. The number of hydrogen-bond acceptors (Lipinski definition) is 7. The first-order chi connectivity index (χ1) is 18.7. The molecule has 0 saturated carbocycles. The molecule has 39 heavy (non-hydrogen) atoms. The molecule has 1 amide bonds. The molecule has 0 radical (unpaired) electrons. The molecule has 1 saturated heterocycles. The number of hydrogen-bond donors (Lipinski definition) is 0. The van der Waals surface area contributed by atoms with Crippen molar-refractivity contribution < 1.29 is 22.7 Å². The Labute approximate surface area is 227 Å². The third-order valence-corrected chi connectivity index (χ3v) is 6.55. The molecular formula is C27H22ClF3N6O2. The van der Waals surface area contributed by atoms with Gasteiger partial charge in [-0.25, -0.2) is 4.98 Å². The number of nitrogens with zero attached hydrogens (tertiary/aromatic N) is 6. The molecule has 4 heterocycles. The molecule has 1 aromatic carbocycles. The van der Waals surface area contributed by atoms with Crippen LogP contribution in [0.2, 0.25) is 5.02 Å². The van der Waals surface area contributed by atoms with Crippen LogP contribution in [-0.4, -0.2) is 63.3 Å². The van der Waals surface area contributed by atoms with E-state index in [-0.39, 0.29) is 11.7 Å². The van der Waals surface area contributed by atoms with Crippen molar-refractivity contribution in [2.24, 2.45) is 0 Å². The lowest BCUT2D eigenvalue weighted by Gasteiger charge is -2.35. The number of piperazine rings is 1. The summed E-state index contributed by atoms with van der Waals surface area (Å²) >= 11 is 6.44. The molecule has 4 aromatic rings. The molecule has 0 bridgehead atoms. The Kier molecular flexibility index (Phi) is 7.34. The molecule has 200 valence electrons. The molecule has 0 atom stereocenters. The van der Waals surface area contributed by atoms with Crippen LogP contribution in [0.25, 0.3) is 22.5 Å². The van der Waals surface area contributed by atoms with Crippen molar-refractivity contribution in [3.8, 4) is 28.3 Å². The predicted octanol–water partition coefficient (Wildman–Crippen LogP) is 5.42. The van der Waals surface area contributed by atoms with Gasteiger partial charge in [0.15, 0.2) is 0 Å². The molecule has 0 unspecified atom stereocenters. The SMILES string of the molecule is Cc1cccnc1C(=O)N1CCN(c2cnc(-c3ccc(OC(F)(F)F)cc3)c(-c3ccncc3Cl)n2)CC1. The Bertz CT molecular complexity index is 1490. The largest absolute Gasteiger partial charge is 0.573 e. The lowest BCUT2D eigenvalue weighted by molar-refractivity contribution is -0.274. The lowest BCUT2D eigenvalue weighted by Crippen LogP contribution is -2.49. The first-order valence-electron chi connectivity index (χ1n) is 12.0. The summed E-state index contributed by atoms with van der Waals surface area (Å²) in [5.41, 5.74) is 3.26. The Balaban J connectivity index is 1.41. The topological polar surface area (TPSA) is 84.3 Å². The second-order valence-corrected chi connectivity index (χ2v) is 9.21. The Morgan fingerprint density at radius 2 is 1.69 bits per heavy atom. The number of carbonyl (C=O) groups is 1. The van der Waals surface area contributed by atoms with Gasteiger partial charge in [0.05, 0.1) is 16.9 Å². The van der Waals surface area contributed by atoms with Crippen LogP contribution >= 0.6 is 11.6 Å². The maximum Gasteiger partial charge on any atom is 0.573 e. The van der Waals surface area contributed by atoms with Crippen LogP contribution in [0.3, 0.4) is 0 Å². The number of ether oxygens (including phenoxy) is 1. The maximum absolute atomic E-state index is 13.0. The summed E-state index contributed by atoms with van der Waals surface area (Å²) in [6.45, 7) is 3.86. The molecule has 3 aromatic heterocycles. The van der Waals surface area contributed by atoms with Crippen LogP contribution in [0.1, 0.15) is 16.1 Å². The van der Waals surface area contributed by atoms with E-state index in [2.05, 4.69) is 19.7 Å². The van der Waals surface area contributed by atoms with E-state index < -0.39 is 6.36 Å². The molecule has 12 heteroatoms. The van der Waals surface area contributed by atoms with Crippen molar-refractivity contribution in [2.45, 2.75) is 13.3 Å². The zero-order valence-corrected chi connectivity index (χ0v) is 21.4. The van der Waals surface area contributed by atoms with Crippen molar-refractivity contribution in [2.75, 3.05) is 31.1 Å². The highest BCUT2D eigenvalue weighted by atomic mass is 35.5. The van der Waals surface area contributed by atoms with Gasteiger partial charge in [0.1, 0.15) is 23.0 Å². The van der Waals surface area contributed by atoms with Crippen LogP contribution in [0.15, 0.2) is 67.3 Å². The first kappa shape index (κ1) is 26.4. The molecule has 1 aliphatic rings. The summed E-state index contributed by atoms with van der Waals surface area (Å²) in [4.78, 5) is 34.5. The fourth-order valence-corrected chi connectivity index (χ4v) is 4.52. The van der Waals surface area contributed by atoms with E-state index in [1.54, 1.807) is 35.6 Å². The van der Waals surface area contributed by atoms with Crippen LogP contribution < -0.4 is 9.64 Å². The van der Waals surface area contributed by atoms with Gasteiger partial charge in [-0.3, -0.25) is 19.7 Å². The van der Waals surface area contributed by atoms with Gasteiger partial charge >= 0.3 is 6.36 Å². The monoisotopic (exact) mass is 554 g/mol. The highest BCUT2D eigenvalue weighted by molar-refractivity contribution is 6.33. The van der Waals surface area contributed by atoms with Crippen molar-refractivity contribution >= 4 is 23.3 Å². The van der Waals surface area contributed by atoms with Gasteiger partial charge < -0.3 is 14.5 Å². The maximum atomic E-state index is 13.0. The average Bonchev–Trinajstić information content (AvgIpc) is 2.93. The summed E-state index contributed by atoms with van der Waals surface area (Å²) in [7, 11) is 0. The zero-order chi connectivity index (χ0) is 27.6. The second kappa shape index (κ2) is 10.9. The number of alkyl halides is 3. The molecule has 8 nitrogen and oxygen atoms in total. The second-order valence-electron chi connectivity index (χ2n) is 8.80. The van der Waals surface area contributed by atoms with Gasteiger partial charge in [-0.05, 0) is 48.9 Å². The van der Waals surface area contributed by atoms with E-state index in [0.717, 1.165) is 5.56 Å². The van der Waals surface area contributed by atoms with E-state index >= 15 is 0 Å². The van der Waals surface area contributed by atoms with Crippen molar-refractivity contribution in [1.82, 2.24) is 24.8 Å². The smallest absolute Gasteiger partial charge is 0.406 e. The standard InChI is InChI=1S/C27H22ClF3N6O2/c1-17-3-2-9-33-23(17)26(38)37-13-11-36(12-14-37)22-16-34-24(25(35-22)20-8-10-32-15-21(20)28)18-4-6-19(7-5-18)39-27(29,30)31/h2-10,15-16H,11-14H2,1H3. The molecule has 5 rings (SSSR count). The molecule has 0 aliphatic carbocycles. The van der Waals surface area contributed by atoms with Gasteiger partial charge in [-0.2, -0.15) is 0 Å². The highest BCUT2D eigenvalue weighted by Crippen LogP contribution is 2.35. The molecule has 1 aliphatic heterocycles. The summed E-state index contributed by atoms with van der Waals surface area (Å²) in [5.74, 6) is 0.129. The summed E-state index contributed by atoms with van der Waals surface area (Å²) in [5, 5.41) is 0.350.